The van der Waals surface area contributed by atoms with Gasteiger partial charge in [-0.2, -0.15) is 0 Å². The first-order valence-corrected chi connectivity index (χ1v) is 22.5. The number of piperidine rings is 2. The van der Waals surface area contributed by atoms with Crippen molar-refractivity contribution in [3.63, 3.8) is 0 Å². The minimum atomic E-state index is 0. The van der Waals surface area contributed by atoms with Gasteiger partial charge in [0.1, 0.15) is 17.2 Å². The Morgan fingerprint density at radius 3 is 1.41 bits per heavy atom. The topological polar surface area (TPSA) is 64.6 Å². The van der Waals surface area contributed by atoms with E-state index in [1.165, 1.54) is 68.2 Å². The van der Waals surface area contributed by atoms with Gasteiger partial charge in [-0.25, -0.2) is 0 Å². The molecule has 0 bridgehead atoms. The number of ether oxygens (including phenoxy) is 3. The van der Waals surface area contributed by atoms with Gasteiger partial charge in [0.2, 0.25) is 0 Å². The highest BCUT2D eigenvalue weighted by Crippen LogP contribution is 2.39. The summed E-state index contributed by atoms with van der Waals surface area (Å²) in [5, 5.41) is 6.98. The summed E-state index contributed by atoms with van der Waals surface area (Å²) in [7, 11) is 5.27. The van der Waals surface area contributed by atoms with Crippen LogP contribution in [0.15, 0.2) is 75.6 Å². The van der Waals surface area contributed by atoms with E-state index in [2.05, 4.69) is 99.6 Å². The number of aromatic nitrogens is 1. The normalized spacial score (nSPS) is 16.1. The molecular weight excluding hydrogens is 798 g/mol. The predicted octanol–water partition coefficient (Wildman–Crippen LogP) is 12.2. The summed E-state index contributed by atoms with van der Waals surface area (Å²) in [5.74, 6) is 7.53. The van der Waals surface area contributed by atoms with Crippen LogP contribution in [0.2, 0.25) is 0 Å². The number of nitrogens with zero attached hydrogens (tertiary/aromatic N) is 1. The number of hydrogen-bond acceptors (Lipinski definition) is 9. The number of rotatable bonds is 12. The summed E-state index contributed by atoms with van der Waals surface area (Å²) >= 11 is 5.70. The Balaban J connectivity index is 0.000000285. The van der Waals surface area contributed by atoms with Crippen LogP contribution in [-0.2, 0) is 0 Å². The maximum atomic E-state index is 5.58. The van der Waals surface area contributed by atoms with Gasteiger partial charge in [-0.1, -0.05) is 26.8 Å². The lowest BCUT2D eigenvalue weighted by Gasteiger charge is -2.25. The third-order valence-corrected chi connectivity index (χ3v) is 13.0. The number of nitrogens with one attached hydrogen (secondary N) is 2. The second-order valence-corrected chi connectivity index (χ2v) is 17.6. The summed E-state index contributed by atoms with van der Waals surface area (Å²) in [5.41, 5.74) is 8.86. The van der Waals surface area contributed by atoms with Crippen molar-refractivity contribution < 1.29 is 14.2 Å². The molecule has 56 heavy (non-hydrogen) atoms. The molecular formula is C45H65Cl2N3O3S3. The third-order valence-electron chi connectivity index (χ3n) is 9.90. The smallest absolute Gasteiger partial charge is 0.127 e. The van der Waals surface area contributed by atoms with E-state index in [0.717, 1.165) is 71.8 Å². The van der Waals surface area contributed by atoms with E-state index in [0.29, 0.717) is 11.8 Å². The van der Waals surface area contributed by atoms with Gasteiger partial charge >= 0.3 is 0 Å². The van der Waals surface area contributed by atoms with Crippen molar-refractivity contribution >= 4 is 60.1 Å². The molecule has 0 unspecified atom stereocenters. The molecule has 4 aromatic rings. The summed E-state index contributed by atoms with van der Waals surface area (Å²) in [6.45, 7) is 17.5. The van der Waals surface area contributed by atoms with Crippen molar-refractivity contribution in [3.8, 4) is 28.4 Å². The predicted molar refractivity (Wildman–Crippen MR) is 250 cm³/mol. The zero-order chi connectivity index (χ0) is 38.9. The van der Waals surface area contributed by atoms with Crippen molar-refractivity contribution in [2.75, 3.05) is 64.8 Å². The van der Waals surface area contributed by atoms with Crippen molar-refractivity contribution in [1.29, 1.82) is 0 Å². The molecule has 2 aliphatic rings. The van der Waals surface area contributed by atoms with Gasteiger partial charge in [-0.05, 0) is 147 Å². The van der Waals surface area contributed by atoms with Gasteiger partial charge in [0, 0.05) is 63.1 Å². The van der Waals surface area contributed by atoms with E-state index < -0.39 is 0 Å². The van der Waals surface area contributed by atoms with Crippen LogP contribution in [0.25, 0.3) is 11.1 Å². The van der Waals surface area contributed by atoms with E-state index >= 15 is 0 Å². The number of pyridine rings is 1. The molecule has 2 aliphatic heterocycles. The highest BCUT2D eigenvalue weighted by atomic mass is 35.5. The Bertz CT molecular complexity index is 1660. The fourth-order valence-electron chi connectivity index (χ4n) is 7.09. The first-order valence-electron chi connectivity index (χ1n) is 19.5. The van der Waals surface area contributed by atoms with Crippen LogP contribution in [0.5, 0.6) is 17.2 Å². The van der Waals surface area contributed by atoms with Crippen molar-refractivity contribution in [1.82, 2.24) is 15.6 Å². The summed E-state index contributed by atoms with van der Waals surface area (Å²) in [6.07, 6.45) is 8.71. The molecule has 2 saturated heterocycles. The molecule has 2 N–H and O–H groups in total. The number of benzene rings is 3. The molecule has 6 nitrogen and oxygen atoms in total. The summed E-state index contributed by atoms with van der Waals surface area (Å²) in [4.78, 5) is 8.28. The number of hydrogen-bond donors (Lipinski definition) is 2. The van der Waals surface area contributed by atoms with E-state index in [1.807, 2.05) is 47.5 Å². The van der Waals surface area contributed by atoms with Crippen LogP contribution in [-0.4, -0.2) is 69.8 Å². The highest BCUT2D eigenvalue weighted by Gasteiger charge is 2.22. The average molecular weight is 863 g/mol. The molecule has 0 aliphatic carbocycles. The fourth-order valence-corrected chi connectivity index (χ4v) is 9.51. The molecule has 0 spiro atoms. The number of halogens is 2. The second kappa shape index (κ2) is 26.7. The minimum absolute atomic E-state index is 0. The van der Waals surface area contributed by atoms with Crippen molar-refractivity contribution in [2.24, 2.45) is 0 Å². The van der Waals surface area contributed by atoms with Gasteiger partial charge < -0.3 is 24.8 Å². The SMILES string of the molecule is CCSc1cc(-c2cccnc2)c(OC)cc1C.CCSc1cc([C@@H]2CCCNC2)c(OC)cc1C.CCSc1cc([C@H]2CCCNC2)c(OC)cc1C.Cl.Cl. The zero-order valence-corrected chi connectivity index (χ0v) is 39.0. The van der Waals surface area contributed by atoms with E-state index in [-0.39, 0.29) is 24.8 Å². The third kappa shape index (κ3) is 14.2. The van der Waals surface area contributed by atoms with Crippen molar-refractivity contribution in [2.45, 2.75) is 93.7 Å². The molecule has 3 aromatic carbocycles. The summed E-state index contributed by atoms with van der Waals surface area (Å²) < 4.78 is 16.6. The lowest BCUT2D eigenvalue weighted by Crippen LogP contribution is -2.28. The fraction of sp³-hybridized carbons (Fsp3) is 0.489. The van der Waals surface area contributed by atoms with Gasteiger partial charge in [-0.15, -0.1) is 60.1 Å². The lowest BCUT2D eigenvalue weighted by molar-refractivity contribution is 0.391. The van der Waals surface area contributed by atoms with Crippen LogP contribution in [0.4, 0.5) is 0 Å². The van der Waals surface area contributed by atoms with Gasteiger partial charge in [0.15, 0.2) is 0 Å². The highest BCUT2D eigenvalue weighted by molar-refractivity contribution is 7.99. The standard InChI is InChI=1S/2C15H23NOS.C15H17NOS.2ClH/c3*1-4-18-15-9-13(12-6-5-7-16-10-12)14(17-3)8-11(15)2;;/h2*8-9,12,16H,4-7,10H2,1-3H3;5-10H,4H2,1-3H3;2*1H/t2*12-;;;/m10.../s1. The van der Waals surface area contributed by atoms with Crippen LogP contribution in [0.1, 0.15) is 86.1 Å². The molecule has 2 fully saturated rings. The van der Waals surface area contributed by atoms with Crippen LogP contribution < -0.4 is 24.8 Å². The monoisotopic (exact) mass is 861 g/mol. The Kier molecular flexibility index (Phi) is 23.8. The molecule has 2 atom stereocenters. The van der Waals surface area contributed by atoms with Crippen molar-refractivity contribution in [3.05, 3.63) is 88.7 Å². The molecule has 0 saturated carbocycles. The second-order valence-electron chi connectivity index (χ2n) is 13.7. The number of aryl methyl sites for hydroxylation is 3. The van der Waals surface area contributed by atoms with Gasteiger partial charge in [0.05, 0.1) is 21.3 Å². The molecule has 310 valence electrons. The zero-order valence-electron chi connectivity index (χ0n) is 34.9. The maximum Gasteiger partial charge on any atom is 0.127 e. The first kappa shape index (κ1) is 49.9. The van der Waals surface area contributed by atoms with Crippen LogP contribution in [0.3, 0.4) is 0 Å². The molecule has 11 heteroatoms. The molecule has 6 rings (SSSR count). The molecule has 1 aromatic heterocycles. The van der Waals surface area contributed by atoms with E-state index in [1.54, 1.807) is 27.5 Å². The minimum Gasteiger partial charge on any atom is -0.496 e. The largest absolute Gasteiger partial charge is 0.496 e. The van der Waals surface area contributed by atoms with Gasteiger partial charge in [0.25, 0.3) is 0 Å². The average Bonchev–Trinajstić information content (AvgIpc) is 3.21. The van der Waals surface area contributed by atoms with Crippen LogP contribution in [0, 0.1) is 20.8 Å². The van der Waals surface area contributed by atoms with Crippen LogP contribution >= 0.6 is 60.1 Å². The van der Waals surface area contributed by atoms with Gasteiger partial charge in [-0.3, -0.25) is 4.98 Å². The Labute approximate surface area is 363 Å². The Hall–Kier alpha value is -2.24. The molecule has 0 radical (unpaired) electrons. The maximum absolute atomic E-state index is 5.58. The number of thioether (sulfide) groups is 3. The Morgan fingerprint density at radius 1 is 0.625 bits per heavy atom. The molecule has 0 amide bonds. The first-order chi connectivity index (χ1) is 26.3. The summed E-state index contributed by atoms with van der Waals surface area (Å²) in [6, 6.07) is 17.4. The lowest BCUT2D eigenvalue weighted by atomic mass is 9.90. The van der Waals surface area contributed by atoms with E-state index in [9.17, 15) is 0 Å². The quantitative estimate of drug-likeness (QED) is 0.136. The molecule has 3 heterocycles. The van der Waals surface area contributed by atoms with E-state index in [4.69, 9.17) is 14.2 Å². The Morgan fingerprint density at radius 2 is 1.05 bits per heavy atom. The number of methoxy groups -OCH3 is 3.